The molecule has 1 aromatic carbocycles. The Balaban J connectivity index is 0.00000192. The fourth-order valence-electron chi connectivity index (χ4n) is 3.55. The second-order valence-electron chi connectivity index (χ2n) is 6.49. The fraction of sp³-hybridized carbons (Fsp3) is 0.529. The highest BCUT2D eigenvalue weighted by Gasteiger charge is 2.43. The molecule has 0 atom stereocenters. The molecule has 1 saturated carbocycles. The van der Waals surface area contributed by atoms with Crippen molar-refractivity contribution in [2.75, 3.05) is 20.1 Å². The van der Waals surface area contributed by atoms with E-state index in [1.54, 1.807) is 6.07 Å². The summed E-state index contributed by atoms with van der Waals surface area (Å²) in [6.07, 6.45) is 5.38. The number of likely N-dealkylation sites (tertiary alicyclic amines) is 1. The number of benzene rings is 1. The van der Waals surface area contributed by atoms with Crippen molar-refractivity contribution in [1.29, 1.82) is 0 Å². The maximum atomic E-state index is 11.2. The van der Waals surface area contributed by atoms with Gasteiger partial charge >= 0.3 is 0 Å². The minimum Gasteiger partial charge on any atom is -0.366 e. The third-order valence-electron chi connectivity index (χ3n) is 5.03. The Labute approximate surface area is 154 Å². The second kappa shape index (κ2) is 7.51. The highest BCUT2D eigenvalue weighted by atomic mass is 127. The van der Waals surface area contributed by atoms with Crippen LogP contribution in [0.2, 0.25) is 0 Å². The molecule has 0 bridgehead atoms. The Kier molecular flexibility index (Phi) is 5.89. The molecule has 23 heavy (non-hydrogen) atoms. The maximum Gasteiger partial charge on any atom is 0.248 e. The van der Waals surface area contributed by atoms with Crippen LogP contribution in [0.15, 0.2) is 29.3 Å². The number of halogens is 1. The van der Waals surface area contributed by atoms with Crippen molar-refractivity contribution in [3.63, 3.8) is 0 Å². The lowest BCUT2D eigenvalue weighted by Crippen LogP contribution is -2.42. The van der Waals surface area contributed by atoms with E-state index in [9.17, 15) is 4.79 Å². The number of hydrogen-bond donors (Lipinski definition) is 2. The van der Waals surface area contributed by atoms with Crippen LogP contribution in [0.5, 0.6) is 0 Å². The van der Waals surface area contributed by atoms with Gasteiger partial charge in [-0.2, -0.15) is 0 Å². The van der Waals surface area contributed by atoms with Crippen molar-refractivity contribution >= 4 is 35.8 Å². The quantitative estimate of drug-likeness (QED) is 0.441. The highest BCUT2D eigenvalue weighted by molar-refractivity contribution is 14.0. The zero-order valence-corrected chi connectivity index (χ0v) is 15.9. The Hall–Kier alpha value is -1.31. The van der Waals surface area contributed by atoms with E-state index in [1.807, 2.05) is 25.2 Å². The molecule has 3 rings (SSSR count). The van der Waals surface area contributed by atoms with Crippen molar-refractivity contribution in [2.45, 2.75) is 32.2 Å². The third kappa shape index (κ3) is 3.97. The minimum absolute atomic E-state index is 0. The number of hydrogen-bond acceptors (Lipinski definition) is 2. The monoisotopic (exact) mass is 428 g/mol. The van der Waals surface area contributed by atoms with Crippen LogP contribution in [0.4, 0.5) is 0 Å². The lowest BCUT2D eigenvalue weighted by molar-refractivity contribution is 0.1000. The van der Waals surface area contributed by atoms with Gasteiger partial charge in [0.25, 0.3) is 0 Å². The van der Waals surface area contributed by atoms with E-state index in [-0.39, 0.29) is 24.0 Å². The molecule has 2 aliphatic rings. The number of nitrogens with zero attached hydrogens (tertiary/aromatic N) is 2. The SMILES string of the molecule is CN=C(NCc1cccc(C(N)=O)c1)N1CCC2(CCC2)C1.I. The largest absolute Gasteiger partial charge is 0.366 e. The van der Waals surface area contributed by atoms with Crippen molar-refractivity contribution in [1.82, 2.24) is 10.2 Å². The smallest absolute Gasteiger partial charge is 0.248 e. The molecule has 1 spiro atoms. The van der Waals surface area contributed by atoms with Gasteiger partial charge in [0.2, 0.25) is 5.91 Å². The molecule has 2 fully saturated rings. The van der Waals surface area contributed by atoms with E-state index >= 15 is 0 Å². The Morgan fingerprint density at radius 3 is 2.74 bits per heavy atom. The van der Waals surface area contributed by atoms with Gasteiger partial charge in [-0.1, -0.05) is 18.6 Å². The highest BCUT2D eigenvalue weighted by Crippen LogP contribution is 2.47. The summed E-state index contributed by atoms with van der Waals surface area (Å²) in [5, 5.41) is 3.40. The number of carbonyl (C=O) groups is 1. The maximum absolute atomic E-state index is 11.2. The second-order valence-corrected chi connectivity index (χ2v) is 6.49. The van der Waals surface area contributed by atoms with Gasteiger partial charge in [0.1, 0.15) is 0 Å². The summed E-state index contributed by atoms with van der Waals surface area (Å²) in [6.45, 7) is 2.85. The lowest BCUT2D eigenvalue weighted by Gasteiger charge is -2.38. The summed E-state index contributed by atoms with van der Waals surface area (Å²) >= 11 is 0. The van der Waals surface area contributed by atoms with Crippen LogP contribution in [-0.2, 0) is 6.54 Å². The number of nitrogens with two attached hydrogens (primary N) is 1. The number of guanidine groups is 1. The van der Waals surface area contributed by atoms with Crippen LogP contribution in [0.3, 0.4) is 0 Å². The summed E-state index contributed by atoms with van der Waals surface area (Å²) in [5.74, 6) is 0.561. The van der Waals surface area contributed by atoms with Gasteiger partial charge in [-0.3, -0.25) is 9.79 Å². The van der Waals surface area contributed by atoms with Crippen molar-refractivity contribution in [2.24, 2.45) is 16.1 Å². The molecule has 3 N–H and O–H groups in total. The number of amides is 1. The van der Waals surface area contributed by atoms with Gasteiger partial charge in [0.15, 0.2) is 5.96 Å². The molecular formula is C17H25IN4O. The summed E-state index contributed by atoms with van der Waals surface area (Å²) in [6, 6.07) is 7.42. The van der Waals surface area contributed by atoms with Crippen LogP contribution in [0.25, 0.3) is 0 Å². The normalized spacial score (nSPS) is 19.2. The molecule has 1 aliphatic heterocycles. The van der Waals surface area contributed by atoms with Gasteiger partial charge in [0, 0.05) is 32.2 Å². The van der Waals surface area contributed by atoms with Crippen LogP contribution < -0.4 is 11.1 Å². The minimum atomic E-state index is -0.391. The first-order valence-electron chi connectivity index (χ1n) is 7.96. The molecule has 1 heterocycles. The fourth-order valence-corrected chi connectivity index (χ4v) is 3.55. The Bertz CT molecular complexity index is 598. The van der Waals surface area contributed by atoms with Gasteiger partial charge in [-0.15, -0.1) is 24.0 Å². The van der Waals surface area contributed by atoms with Crippen molar-refractivity contribution in [3.05, 3.63) is 35.4 Å². The molecule has 1 amide bonds. The van der Waals surface area contributed by atoms with Crippen LogP contribution in [0.1, 0.15) is 41.6 Å². The average molecular weight is 428 g/mol. The van der Waals surface area contributed by atoms with Gasteiger partial charge in [0.05, 0.1) is 0 Å². The first-order chi connectivity index (χ1) is 10.6. The summed E-state index contributed by atoms with van der Waals surface area (Å²) in [4.78, 5) is 18.0. The molecule has 1 aromatic rings. The van der Waals surface area contributed by atoms with Crippen LogP contribution in [-0.4, -0.2) is 36.9 Å². The predicted molar refractivity (Wildman–Crippen MR) is 103 cm³/mol. The number of primary amides is 1. The van der Waals surface area contributed by atoms with Gasteiger partial charge < -0.3 is 16.0 Å². The van der Waals surface area contributed by atoms with Crippen molar-refractivity contribution in [3.8, 4) is 0 Å². The third-order valence-corrected chi connectivity index (χ3v) is 5.03. The number of nitrogens with one attached hydrogen (secondary N) is 1. The first-order valence-corrected chi connectivity index (χ1v) is 7.96. The van der Waals surface area contributed by atoms with Crippen LogP contribution in [0, 0.1) is 5.41 Å². The molecular weight excluding hydrogens is 403 g/mol. The topological polar surface area (TPSA) is 70.7 Å². The van der Waals surface area contributed by atoms with E-state index in [0.29, 0.717) is 17.5 Å². The first kappa shape index (κ1) is 18.0. The standard InChI is InChI=1S/C17H24N4O.HI/c1-19-16(21-9-8-17(12-21)6-3-7-17)20-11-13-4-2-5-14(10-13)15(18)22;/h2,4-5,10H,3,6-9,11-12H2,1H3,(H2,18,22)(H,19,20);1H. The zero-order valence-electron chi connectivity index (χ0n) is 13.5. The van der Waals surface area contributed by atoms with Crippen LogP contribution >= 0.6 is 24.0 Å². The average Bonchev–Trinajstić information content (AvgIpc) is 2.94. The molecule has 0 unspecified atom stereocenters. The Morgan fingerprint density at radius 2 is 2.17 bits per heavy atom. The molecule has 1 saturated heterocycles. The van der Waals surface area contributed by atoms with Gasteiger partial charge in [-0.25, -0.2) is 0 Å². The van der Waals surface area contributed by atoms with E-state index in [2.05, 4.69) is 15.2 Å². The molecule has 1 aliphatic carbocycles. The Morgan fingerprint density at radius 1 is 1.39 bits per heavy atom. The lowest BCUT2D eigenvalue weighted by atomic mass is 9.68. The predicted octanol–water partition coefficient (Wildman–Crippen LogP) is 2.35. The number of carbonyl (C=O) groups excluding carboxylic acids is 1. The van der Waals surface area contributed by atoms with E-state index in [1.165, 1.54) is 25.7 Å². The summed E-state index contributed by atoms with van der Waals surface area (Å²) in [7, 11) is 1.83. The number of aliphatic imine (C=N–C) groups is 1. The van der Waals surface area contributed by atoms with E-state index in [0.717, 1.165) is 24.6 Å². The zero-order chi connectivity index (χ0) is 15.6. The van der Waals surface area contributed by atoms with Crippen molar-refractivity contribution < 1.29 is 4.79 Å². The summed E-state index contributed by atoms with van der Waals surface area (Å²) < 4.78 is 0. The van der Waals surface area contributed by atoms with Gasteiger partial charge in [-0.05, 0) is 42.4 Å². The number of rotatable bonds is 3. The molecule has 0 aromatic heterocycles. The molecule has 5 nitrogen and oxygen atoms in total. The molecule has 0 radical (unpaired) electrons. The van der Waals surface area contributed by atoms with E-state index in [4.69, 9.17) is 5.73 Å². The molecule has 6 heteroatoms. The molecule has 126 valence electrons. The summed E-state index contributed by atoms with van der Waals surface area (Å²) in [5.41, 5.74) is 7.47. The van der Waals surface area contributed by atoms with E-state index < -0.39 is 5.91 Å².